The molecule has 1 amide bonds. The smallest absolute Gasteiger partial charge is 0.225 e. The lowest BCUT2D eigenvalue weighted by Crippen LogP contribution is -2.52. The summed E-state index contributed by atoms with van der Waals surface area (Å²) in [5, 5.41) is 0. The molecule has 1 aromatic rings. The molecular weight excluding hydrogens is 336 g/mol. The Bertz CT molecular complexity index is 661. The van der Waals surface area contributed by atoms with E-state index >= 15 is 0 Å². The number of benzene rings is 1. The van der Waals surface area contributed by atoms with E-state index in [-0.39, 0.29) is 17.6 Å². The normalized spacial score (nSPS) is 20.6. The standard InChI is InChI=1S/C19H28N2O3S/c22-19(18-9-5-2-6-10-18)20-12-14-21(15-13-20)25(23,24)16-11-17-7-3-1-4-8-17/h1,3-4,7-8,18H,2,5-6,9-16H2. The van der Waals surface area contributed by atoms with Crippen molar-refractivity contribution in [1.29, 1.82) is 0 Å². The largest absolute Gasteiger partial charge is 0.340 e. The number of hydrogen-bond acceptors (Lipinski definition) is 3. The molecule has 1 saturated carbocycles. The number of carbonyl (C=O) groups excluding carboxylic acids is 1. The van der Waals surface area contributed by atoms with Gasteiger partial charge in [-0.2, -0.15) is 4.31 Å². The highest BCUT2D eigenvalue weighted by Crippen LogP contribution is 2.26. The fraction of sp³-hybridized carbons (Fsp3) is 0.632. The molecule has 1 aromatic carbocycles. The van der Waals surface area contributed by atoms with Gasteiger partial charge < -0.3 is 4.90 Å². The second-order valence-electron chi connectivity index (χ2n) is 7.11. The SMILES string of the molecule is O=C(C1CCCCC1)N1CCN(S(=O)(=O)CCc2ccccc2)CC1. The zero-order chi connectivity index (χ0) is 17.7. The lowest BCUT2D eigenvalue weighted by molar-refractivity contribution is -0.137. The van der Waals surface area contributed by atoms with Crippen LogP contribution in [0.15, 0.2) is 30.3 Å². The van der Waals surface area contributed by atoms with Crippen molar-refractivity contribution in [2.75, 3.05) is 31.9 Å². The lowest BCUT2D eigenvalue weighted by Gasteiger charge is -2.36. The summed E-state index contributed by atoms with van der Waals surface area (Å²) in [4.78, 5) is 14.5. The minimum Gasteiger partial charge on any atom is -0.340 e. The van der Waals surface area contributed by atoms with Crippen LogP contribution in [0.5, 0.6) is 0 Å². The first-order chi connectivity index (χ1) is 12.1. The van der Waals surface area contributed by atoms with Crippen molar-refractivity contribution in [3.05, 3.63) is 35.9 Å². The Labute approximate surface area is 151 Å². The molecular formula is C19H28N2O3S. The Morgan fingerprint density at radius 2 is 1.60 bits per heavy atom. The van der Waals surface area contributed by atoms with Crippen LogP contribution in [0, 0.1) is 5.92 Å². The molecule has 2 fully saturated rings. The molecule has 0 atom stereocenters. The van der Waals surface area contributed by atoms with Gasteiger partial charge in [-0.25, -0.2) is 8.42 Å². The van der Waals surface area contributed by atoms with Gasteiger partial charge in [-0.3, -0.25) is 4.79 Å². The van der Waals surface area contributed by atoms with E-state index in [4.69, 9.17) is 0 Å². The Morgan fingerprint density at radius 3 is 2.24 bits per heavy atom. The Kier molecular flexibility index (Phi) is 6.12. The molecule has 138 valence electrons. The fourth-order valence-electron chi connectivity index (χ4n) is 3.81. The van der Waals surface area contributed by atoms with Gasteiger partial charge in [0.2, 0.25) is 15.9 Å². The topological polar surface area (TPSA) is 57.7 Å². The summed E-state index contributed by atoms with van der Waals surface area (Å²) in [6.07, 6.45) is 6.04. The van der Waals surface area contributed by atoms with Crippen LogP contribution in [0.4, 0.5) is 0 Å². The third-order valence-electron chi connectivity index (χ3n) is 5.39. The summed E-state index contributed by atoms with van der Waals surface area (Å²) in [5.41, 5.74) is 1.04. The van der Waals surface area contributed by atoms with Crippen molar-refractivity contribution < 1.29 is 13.2 Å². The maximum atomic E-state index is 12.6. The molecule has 1 saturated heterocycles. The van der Waals surface area contributed by atoms with Gasteiger partial charge in [0.1, 0.15) is 0 Å². The first kappa shape index (κ1) is 18.4. The van der Waals surface area contributed by atoms with Crippen molar-refractivity contribution in [2.24, 2.45) is 5.92 Å². The monoisotopic (exact) mass is 364 g/mol. The second kappa shape index (κ2) is 8.32. The van der Waals surface area contributed by atoms with Crippen LogP contribution >= 0.6 is 0 Å². The van der Waals surface area contributed by atoms with E-state index in [1.54, 1.807) is 4.31 Å². The van der Waals surface area contributed by atoms with E-state index in [1.807, 2.05) is 35.2 Å². The number of nitrogens with zero attached hydrogens (tertiary/aromatic N) is 2. The third kappa shape index (κ3) is 4.82. The molecule has 6 heteroatoms. The molecule has 1 aliphatic heterocycles. The first-order valence-corrected chi connectivity index (χ1v) is 11.0. The maximum Gasteiger partial charge on any atom is 0.225 e. The fourth-order valence-corrected chi connectivity index (χ4v) is 5.29. The Morgan fingerprint density at radius 1 is 0.960 bits per heavy atom. The predicted molar refractivity (Wildman–Crippen MR) is 98.7 cm³/mol. The highest BCUT2D eigenvalue weighted by Gasteiger charge is 2.31. The van der Waals surface area contributed by atoms with Gasteiger partial charge >= 0.3 is 0 Å². The van der Waals surface area contributed by atoms with Gasteiger partial charge in [0, 0.05) is 32.1 Å². The van der Waals surface area contributed by atoms with Gasteiger partial charge in [-0.15, -0.1) is 0 Å². The molecule has 0 radical (unpaired) electrons. The summed E-state index contributed by atoms with van der Waals surface area (Å²) in [5.74, 6) is 0.532. The van der Waals surface area contributed by atoms with Crippen LogP contribution in [0.2, 0.25) is 0 Å². The molecule has 3 rings (SSSR count). The molecule has 0 bridgehead atoms. The molecule has 2 aliphatic rings. The molecule has 1 heterocycles. The van der Waals surface area contributed by atoms with Crippen LogP contribution in [0.3, 0.4) is 0 Å². The number of aryl methyl sites for hydroxylation is 1. The van der Waals surface area contributed by atoms with Crippen molar-refractivity contribution in [3.8, 4) is 0 Å². The van der Waals surface area contributed by atoms with Crippen molar-refractivity contribution in [1.82, 2.24) is 9.21 Å². The van der Waals surface area contributed by atoms with E-state index in [2.05, 4.69) is 0 Å². The van der Waals surface area contributed by atoms with E-state index < -0.39 is 10.0 Å². The zero-order valence-corrected chi connectivity index (χ0v) is 15.6. The summed E-state index contributed by atoms with van der Waals surface area (Å²) in [7, 11) is -3.26. The summed E-state index contributed by atoms with van der Waals surface area (Å²) < 4.78 is 26.7. The highest BCUT2D eigenvalue weighted by molar-refractivity contribution is 7.89. The van der Waals surface area contributed by atoms with Crippen LogP contribution < -0.4 is 0 Å². The van der Waals surface area contributed by atoms with Gasteiger partial charge in [-0.1, -0.05) is 49.6 Å². The van der Waals surface area contributed by atoms with Crippen LogP contribution in [-0.2, 0) is 21.2 Å². The lowest BCUT2D eigenvalue weighted by atomic mass is 9.88. The van der Waals surface area contributed by atoms with Crippen LogP contribution in [0.25, 0.3) is 0 Å². The molecule has 1 aliphatic carbocycles. The van der Waals surface area contributed by atoms with Gasteiger partial charge in [-0.05, 0) is 24.8 Å². The highest BCUT2D eigenvalue weighted by atomic mass is 32.2. The number of hydrogen-bond donors (Lipinski definition) is 0. The molecule has 0 spiro atoms. The van der Waals surface area contributed by atoms with Crippen LogP contribution in [-0.4, -0.2) is 55.5 Å². The van der Waals surface area contributed by atoms with Gasteiger partial charge in [0.25, 0.3) is 0 Å². The molecule has 0 unspecified atom stereocenters. The predicted octanol–water partition coefficient (Wildman–Crippen LogP) is 2.28. The Balaban J connectivity index is 1.49. The van der Waals surface area contributed by atoms with Crippen molar-refractivity contribution in [2.45, 2.75) is 38.5 Å². The number of piperazine rings is 1. The van der Waals surface area contributed by atoms with Gasteiger partial charge in [0.15, 0.2) is 0 Å². The minimum absolute atomic E-state index is 0.133. The average Bonchev–Trinajstić information content (AvgIpc) is 2.67. The molecule has 0 N–H and O–H groups in total. The average molecular weight is 365 g/mol. The van der Waals surface area contributed by atoms with E-state index in [0.717, 1.165) is 31.2 Å². The number of rotatable bonds is 5. The first-order valence-electron chi connectivity index (χ1n) is 9.37. The Hall–Kier alpha value is -1.40. The number of sulfonamides is 1. The van der Waals surface area contributed by atoms with Crippen molar-refractivity contribution in [3.63, 3.8) is 0 Å². The molecule has 25 heavy (non-hydrogen) atoms. The summed E-state index contributed by atoms with van der Waals surface area (Å²) in [6.45, 7) is 1.91. The second-order valence-corrected chi connectivity index (χ2v) is 9.20. The van der Waals surface area contributed by atoms with Crippen molar-refractivity contribution >= 4 is 15.9 Å². The number of amides is 1. The third-order valence-corrected chi connectivity index (χ3v) is 7.26. The van der Waals surface area contributed by atoms with E-state index in [1.165, 1.54) is 6.42 Å². The van der Waals surface area contributed by atoms with Crippen LogP contribution in [0.1, 0.15) is 37.7 Å². The number of carbonyl (C=O) groups is 1. The summed E-state index contributed by atoms with van der Waals surface area (Å²) in [6, 6.07) is 9.70. The molecule has 5 nitrogen and oxygen atoms in total. The maximum absolute atomic E-state index is 12.6. The zero-order valence-electron chi connectivity index (χ0n) is 14.8. The molecule has 0 aromatic heterocycles. The van der Waals surface area contributed by atoms with Gasteiger partial charge in [0.05, 0.1) is 5.75 Å². The van der Waals surface area contributed by atoms with E-state index in [0.29, 0.717) is 32.6 Å². The quantitative estimate of drug-likeness (QED) is 0.805. The van der Waals surface area contributed by atoms with E-state index in [9.17, 15) is 13.2 Å². The summed E-state index contributed by atoms with van der Waals surface area (Å²) >= 11 is 0. The minimum atomic E-state index is -3.26.